The van der Waals surface area contributed by atoms with Gasteiger partial charge in [-0.3, -0.25) is 39.8 Å². The normalized spacial score (nSPS) is 18.3. The van der Waals surface area contributed by atoms with Crippen LogP contribution in [0.1, 0.15) is 66.1 Å². The van der Waals surface area contributed by atoms with Crippen molar-refractivity contribution in [1.82, 2.24) is 29.9 Å². The van der Waals surface area contributed by atoms with Crippen molar-refractivity contribution in [1.29, 1.82) is 0 Å². The lowest BCUT2D eigenvalue weighted by Gasteiger charge is -2.35. The fraction of sp³-hybridized carbons (Fsp3) is 0.395. The maximum Gasteiger partial charge on any atom is 0.391 e. The molecule has 1 aromatic carbocycles. The second kappa shape index (κ2) is 17.9. The molecule has 0 spiro atoms. The number of fused-ring (bicyclic) bond motifs is 8. The van der Waals surface area contributed by atoms with E-state index >= 15 is 0 Å². The lowest BCUT2D eigenvalue weighted by Crippen LogP contribution is -2.48. The van der Waals surface area contributed by atoms with Crippen molar-refractivity contribution in [2.24, 2.45) is 11.8 Å². The molecule has 9 rings (SSSR count). The van der Waals surface area contributed by atoms with Gasteiger partial charge in [-0.25, -0.2) is 19.6 Å². The van der Waals surface area contributed by atoms with Gasteiger partial charge in [-0.05, 0) is 42.7 Å². The highest BCUT2D eigenvalue weighted by Crippen LogP contribution is 2.41. The molecule has 4 amide bonds. The van der Waals surface area contributed by atoms with Crippen LogP contribution < -0.4 is 30.2 Å². The van der Waals surface area contributed by atoms with Gasteiger partial charge in [0.25, 0.3) is 0 Å². The SMILES string of the molecule is C[C@@H](CC(=O)c1ccc2c(n1)N(C(=O)Nc1ccn(Cc3ccccc3)n1)[C@H]1CCN2C1)C(F)(F)F.C[C@@H](CC(=O)c1ccc2c(n1)N(C(=O)Nc1ccn[nH]1)[C@H]1CCN2C1)C(F)(F)F. The summed E-state index contributed by atoms with van der Waals surface area (Å²) in [6.07, 6.45) is -5.62. The number of carbonyl (C=O) groups is 4. The van der Waals surface area contributed by atoms with Gasteiger partial charge in [-0.1, -0.05) is 44.2 Å². The summed E-state index contributed by atoms with van der Waals surface area (Å²) >= 11 is 0. The predicted octanol–water partition coefficient (Wildman–Crippen LogP) is 7.94. The quantitative estimate of drug-likeness (QED) is 0.0921. The second-order valence-corrected chi connectivity index (χ2v) is 16.5. The number of rotatable bonds is 10. The summed E-state index contributed by atoms with van der Waals surface area (Å²) in [6.45, 7) is 5.17. The Morgan fingerprint density at radius 2 is 1.23 bits per heavy atom. The molecule has 2 fully saturated rings. The average molecular weight is 907 g/mol. The third-order valence-electron chi connectivity index (χ3n) is 11.8. The number of amides is 4. The molecule has 0 aliphatic carbocycles. The van der Waals surface area contributed by atoms with Gasteiger partial charge in [0.2, 0.25) is 0 Å². The Kier molecular flexibility index (Phi) is 12.3. The Hall–Kier alpha value is -7.00. The van der Waals surface area contributed by atoms with E-state index in [1.165, 1.54) is 28.1 Å². The highest BCUT2D eigenvalue weighted by molar-refractivity contribution is 6.06. The first-order valence-corrected chi connectivity index (χ1v) is 20.9. The van der Waals surface area contributed by atoms with E-state index in [1.807, 2.05) is 30.3 Å². The van der Waals surface area contributed by atoms with Crippen LogP contribution in [0.5, 0.6) is 0 Å². The lowest BCUT2D eigenvalue weighted by atomic mass is 10.0. The van der Waals surface area contributed by atoms with Crippen LogP contribution in [-0.4, -0.2) is 104 Å². The van der Waals surface area contributed by atoms with Crippen molar-refractivity contribution >= 4 is 58.3 Å². The number of hydrogen-bond donors (Lipinski definition) is 3. The number of halogens is 6. The minimum absolute atomic E-state index is 0.0818. The van der Waals surface area contributed by atoms with E-state index in [0.717, 1.165) is 32.4 Å². The number of nitrogens with zero attached hydrogens (tertiary/aromatic N) is 9. The molecule has 0 unspecified atom stereocenters. The number of urea groups is 2. The first-order valence-electron chi connectivity index (χ1n) is 20.9. The molecule has 65 heavy (non-hydrogen) atoms. The summed E-state index contributed by atoms with van der Waals surface area (Å²) in [6, 6.07) is 18.0. The van der Waals surface area contributed by atoms with Crippen LogP contribution in [0.25, 0.3) is 0 Å². The van der Waals surface area contributed by atoms with Gasteiger partial charge >= 0.3 is 24.4 Å². The number of aromatic nitrogens is 6. The Bertz CT molecular complexity index is 2550. The molecule has 4 bridgehead atoms. The number of nitrogens with one attached hydrogen (secondary N) is 3. The molecule has 8 heterocycles. The van der Waals surface area contributed by atoms with E-state index in [4.69, 9.17) is 0 Å². The largest absolute Gasteiger partial charge is 0.391 e. The van der Waals surface area contributed by atoms with E-state index in [0.29, 0.717) is 55.6 Å². The number of ketones is 2. The van der Waals surface area contributed by atoms with Crippen molar-refractivity contribution in [3.8, 4) is 0 Å². The molecule has 4 aliphatic rings. The third kappa shape index (κ3) is 9.75. The minimum atomic E-state index is -4.47. The summed E-state index contributed by atoms with van der Waals surface area (Å²) in [5.74, 6) is -3.65. The fourth-order valence-electron chi connectivity index (χ4n) is 8.21. The summed E-state index contributed by atoms with van der Waals surface area (Å²) in [5, 5.41) is 16.3. The molecular formula is C43H44F6N12O4. The highest BCUT2D eigenvalue weighted by Gasteiger charge is 2.43. The van der Waals surface area contributed by atoms with Gasteiger partial charge in [0, 0.05) is 57.4 Å². The van der Waals surface area contributed by atoms with Gasteiger partial charge < -0.3 is 9.80 Å². The van der Waals surface area contributed by atoms with Crippen molar-refractivity contribution in [3.63, 3.8) is 0 Å². The van der Waals surface area contributed by atoms with Gasteiger partial charge in [0.1, 0.15) is 17.2 Å². The number of Topliss-reactive ketones (excluding diaryl/α,β-unsaturated/α-hetero) is 2. The van der Waals surface area contributed by atoms with Crippen molar-refractivity contribution in [3.05, 3.63) is 96.1 Å². The van der Waals surface area contributed by atoms with Gasteiger partial charge in [-0.15, -0.1) is 0 Å². The highest BCUT2D eigenvalue weighted by atomic mass is 19.4. The number of hydrogen-bond acceptors (Lipinski definition) is 10. The van der Waals surface area contributed by atoms with Crippen LogP contribution in [0.4, 0.5) is 70.6 Å². The Morgan fingerprint density at radius 1 is 0.708 bits per heavy atom. The molecule has 4 aliphatic heterocycles. The summed E-state index contributed by atoms with van der Waals surface area (Å²) in [5.41, 5.74) is 2.25. The van der Waals surface area contributed by atoms with E-state index in [2.05, 4.69) is 45.7 Å². The standard InChI is InChI=1S/C25H25F3N6O2.C18H19F3N6O2/c1-16(25(26,27)28)13-21(35)19-7-8-20-23(29-19)34(18-9-11-32(20)15-18)24(36)30-22-10-12-33(31-22)14-17-5-3-2-4-6-17;1-10(18(19,20)21)8-14(28)12-2-3-13-16(23-12)27(11-5-7-26(13)9-11)17(29)24-15-4-6-22-25-15/h2-8,10,12,16,18H,9,11,13-15H2,1H3,(H,30,31,36);2-4,6,10-11H,5,7-9H2,1H3,(H2,22,24,25,29)/t16-,18-;10-,11-/m00/s1. The van der Waals surface area contributed by atoms with E-state index in [-0.39, 0.29) is 35.1 Å². The molecule has 4 atom stereocenters. The van der Waals surface area contributed by atoms with Crippen LogP contribution >= 0.6 is 0 Å². The van der Waals surface area contributed by atoms with Gasteiger partial charge in [-0.2, -0.15) is 36.5 Å². The molecule has 4 aromatic heterocycles. The van der Waals surface area contributed by atoms with Crippen LogP contribution in [-0.2, 0) is 6.54 Å². The topological polar surface area (TPSA) is 178 Å². The smallest absolute Gasteiger partial charge is 0.366 e. The molecule has 2 saturated heterocycles. The number of H-pyrrole nitrogens is 1. The zero-order chi connectivity index (χ0) is 46.2. The van der Waals surface area contributed by atoms with Gasteiger partial charge in [0.05, 0.1) is 48.0 Å². The Labute approximate surface area is 368 Å². The Morgan fingerprint density at radius 3 is 1.72 bits per heavy atom. The molecule has 0 radical (unpaired) electrons. The molecule has 16 nitrogen and oxygen atoms in total. The predicted molar refractivity (Wildman–Crippen MR) is 227 cm³/mol. The molecular weight excluding hydrogens is 863 g/mol. The summed E-state index contributed by atoms with van der Waals surface area (Å²) in [4.78, 5) is 67.0. The van der Waals surface area contributed by atoms with Crippen LogP contribution in [0.3, 0.4) is 0 Å². The maximum atomic E-state index is 13.3. The summed E-state index contributed by atoms with van der Waals surface area (Å²) < 4.78 is 79.0. The first-order chi connectivity index (χ1) is 30.9. The van der Waals surface area contributed by atoms with Crippen LogP contribution in [0.15, 0.2) is 79.1 Å². The second-order valence-electron chi connectivity index (χ2n) is 16.5. The number of anilines is 6. The third-order valence-corrected chi connectivity index (χ3v) is 11.8. The Balaban J connectivity index is 0.000000181. The summed E-state index contributed by atoms with van der Waals surface area (Å²) in [7, 11) is 0. The zero-order valence-corrected chi connectivity index (χ0v) is 35.1. The van der Waals surface area contributed by atoms with E-state index in [1.54, 1.807) is 35.1 Å². The van der Waals surface area contributed by atoms with E-state index in [9.17, 15) is 45.5 Å². The van der Waals surface area contributed by atoms with E-state index < -0.39 is 60.7 Å². The van der Waals surface area contributed by atoms with Crippen molar-refractivity contribution in [2.45, 2.75) is 70.5 Å². The van der Waals surface area contributed by atoms with Crippen molar-refractivity contribution < 1.29 is 45.5 Å². The average Bonchev–Trinajstić information content (AvgIpc) is 4.10. The number of aromatic amines is 1. The van der Waals surface area contributed by atoms with Gasteiger partial charge in [0.15, 0.2) is 29.0 Å². The minimum Gasteiger partial charge on any atom is -0.366 e. The zero-order valence-electron chi connectivity index (χ0n) is 35.1. The first kappa shape index (κ1) is 44.6. The monoisotopic (exact) mass is 906 g/mol. The lowest BCUT2D eigenvalue weighted by molar-refractivity contribution is -0.169. The van der Waals surface area contributed by atoms with Crippen LogP contribution in [0.2, 0.25) is 0 Å². The molecule has 22 heteroatoms. The fourth-order valence-corrected chi connectivity index (χ4v) is 8.21. The number of carbonyl (C=O) groups excluding carboxylic acids is 4. The molecule has 3 N–H and O–H groups in total. The maximum absolute atomic E-state index is 13.3. The molecule has 0 saturated carbocycles. The number of pyridine rings is 2. The van der Waals surface area contributed by atoms with Crippen LogP contribution in [0, 0.1) is 11.8 Å². The number of alkyl halides is 6. The number of benzene rings is 1. The molecule has 342 valence electrons. The van der Waals surface area contributed by atoms with Crippen molar-refractivity contribution in [2.75, 3.05) is 56.4 Å². The molecule has 5 aromatic rings.